The molecule has 2 aromatic heterocycles. The zero-order valence-corrected chi connectivity index (χ0v) is 18.3. The number of aryl methyl sites for hydroxylation is 2. The van der Waals surface area contributed by atoms with Crippen LogP contribution in [0.3, 0.4) is 0 Å². The molecule has 8 nitrogen and oxygen atoms in total. The molecule has 0 radical (unpaired) electrons. The summed E-state index contributed by atoms with van der Waals surface area (Å²) in [6, 6.07) is 0. The molecule has 2 aliphatic heterocycles. The standard InChI is InChI=1S/C20H30N6O2S/c1-14-15(2)29-20-18(14)19(22-16(23-20)12-25-8-10-28-11-9-25)26-6-4-24(5-7-26)13-17(27)21-3/h4-13H2,1-3H3,(H,21,27). The molecule has 4 rings (SSSR count). The number of amides is 1. The number of carbonyl (C=O) groups is 1. The summed E-state index contributed by atoms with van der Waals surface area (Å²) in [5.41, 5.74) is 1.28. The van der Waals surface area contributed by atoms with Gasteiger partial charge in [-0.05, 0) is 19.4 Å². The smallest absolute Gasteiger partial charge is 0.233 e. The third kappa shape index (κ3) is 4.53. The van der Waals surface area contributed by atoms with Crippen molar-refractivity contribution in [2.75, 3.05) is 71.0 Å². The van der Waals surface area contributed by atoms with E-state index in [1.807, 2.05) is 0 Å². The molecule has 4 heterocycles. The van der Waals surface area contributed by atoms with Crippen molar-refractivity contribution in [2.24, 2.45) is 0 Å². The van der Waals surface area contributed by atoms with Crippen LogP contribution >= 0.6 is 11.3 Å². The minimum atomic E-state index is 0.0694. The third-order valence-corrected chi connectivity index (χ3v) is 6.94. The molecule has 0 atom stereocenters. The van der Waals surface area contributed by atoms with Crippen LogP contribution in [0.1, 0.15) is 16.3 Å². The van der Waals surface area contributed by atoms with Crippen molar-refractivity contribution in [3.63, 3.8) is 0 Å². The minimum absolute atomic E-state index is 0.0694. The monoisotopic (exact) mass is 418 g/mol. The highest BCUT2D eigenvalue weighted by atomic mass is 32.1. The number of hydrogen-bond acceptors (Lipinski definition) is 8. The quantitative estimate of drug-likeness (QED) is 0.777. The number of fused-ring (bicyclic) bond motifs is 1. The Hall–Kier alpha value is -1.81. The largest absolute Gasteiger partial charge is 0.379 e. The number of thiophene rings is 1. The van der Waals surface area contributed by atoms with E-state index < -0.39 is 0 Å². The van der Waals surface area contributed by atoms with Gasteiger partial charge < -0.3 is 15.0 Å². The fraction of sp³-hybridized carbons (Fsp3) is 0.650. The lowest BCUT2D eigenvalue weighted by molar-refractivity contribution is -0.121. The molecule has 0 saturated carbocycles. The number of ether oxygens (including phenoxy) is 1. The van der Waals surface area contributed by atoms with Crippen molar-refractivity contribution >= 4 is 33.3 Å². The lowest BCUT2D eigenvalue weighted by atomic mass is 10.2. The predicted octanol–water partition coefficient (Wildman–Crippen LogP) is 1.01. The van der Waals surface area contributed by atoms with Gasteiger partial charge in [0, 0.05) is 51.2 Å². The average Bonchev–Trinajstić information content (AvgIpc) is 3.02. The molecule has 0 unspecified atom stereocenters. The summed E-state index contributed by atoms with van der Waals surface area (Å²) < 4.78 is 5.47. The summed E-state index contributed by atoms with van der Waals surface area (Å²) in [5.74, 6) is 2.02. The van der Waals surface area contributed by atoms with Crippen LogP contribution < -0.4 is 10.2 Å². The molecule has 2 saturated heterocycles. The fourth-order valence-corrected chi connectivity index (χ4v) is 4.97. The van der Waals surface area contributed by atoms with Crippen molar-refractivity contribution in [1.82, 2.24) is 25.1 Å². The number of nitrogens with zero attached hydrogens (tertiary/aromatic N) is 5. The second-order valence-corrected chi connectivity index (χ2v) is 8.95. The van der Waals surface area contributed by atoms with Gasteiger partial charge in [0.25, 0.3) is 0 Å². The number of nitrogens with one attached hydrogen (secondary N) is 1. The molecule has 0 aromatic carbocycles. The summed E-state index contributed by atoms with van der Waals surface area (Å²) in [7, 11) is 1.69. The second kappa shape index (κ2) is 8.91. The highest BCUT2D eigenvalue weighted by Crippen LogP contribution is 2.35. The zero-order chi connectivity index (χ0) is 20.4. The van der Waals surface area contributed by atoms with Crippen molar-refractivity contribution in [3.8, 4) is 0 Å². The molecule has 0 spiro atoms. The van der Waals surface area contributed by atoms with Gasteiger partial charge in [-0.3, -0.25) is 14.6 Å². The topological polar surface area (TPSA) is 73.8 Å². The van der Waals surface area contributed by atoms with E-state index in [0.717, 1.165) is 75.5 Å². The number of carbonyl (C=O) groups excluding carboxylic acids is 1. The van der Waals surface area contributed by atoms with Gasteiger partial charge in [0.05, 0.1) is 31.7 Å². The van der Waals surface area contributed by atoms with E-state index in [-0.39, 0.29) is 5.91 Å². The van der Waals surface area contributed by atoms with Gasteiger partial charge in [-0.15, -0.1) is 11.3 Å². The number of anilines is 1. The van der Waals surface area contributed by atoms with E-state index in [1.165, 1.54) is 15.8 Å². The Kier molecular flexibility index (Phi) is 6.29. The van der Waals surface area contributed by atoms with Crippen LogP contribution in [0.2, 0.25) is 0 Å². The molecular formula is C20H30N6O2S. The van der Waals surface area contributed by atoms with Crippen molar-refractivity contribution in [3.05, 3.63) is 16.3 Å². The molecule has 29 heavy (non-hydrogen) atoms. The average molecular weight is 419 g/mol. The SMILES string of the molecule is CNC(=O)CN1CCN(c2nc(CN3CCOCC3)nc3sc(C)c(C)c23)CC1. The van der Waals surface area contributed by atoms with Gasteiger partial charge >= 0.3 is 0 Å². The normalized spacial score (nSPS) is 19.1. The van der Waals surface area contributed by atoms with E-state index in [4.69, 9.17) is 14.7 Å². The zero-order valence-electron chi connectivity index (χ0n) is 17.5. The Bertz CT molecular complexity index is 871. The van der Waals surface area contributed by atoms with Crippen molar-refractivity contribution < 1.29 is 9.53 Å². The Morgan fingerprint density at radius 1 is 1.07 bits per heavy atom. The molecule has 0 bridgehead atoms. The maximum Gasteiger partial charge on any atom is 0.233 e. The van der Waals surface area contributed by atoms with Crippen LogP contribution in [-0.4, -0.2) is 91.7 Å². The summed E-state index contributed by atoms with van der Waals surface area (Å²) in [6.07, 6.45) is 0. The lowest BCUT2D eigenvalue weighted by Crippen LogP contribution is -2.49. The first-order valence-corrected chi connectivity index (χ1v) is 11.1. The molecule has 9 heteroatoms. The van der Waals surface area contributed by atoms with Gasteiger partial charge in [0.15, 0.2) is 0 Å². The lowest BCUT2D eigenvalue weighted by Gasteiger charge is -2.35. The van der Waals surface area contributed by atoms with Crippen molar-refractivity contribution in [1.29, 1.82) is 0 Å². The van der Waals surface area contributed by atoms with Gasteiger partial charge in [-0.25, -0.2) is 9.97 Å². The predicted molar refractivity (Wildman–Crippen MR) is 116 cm³/mol. The maximum absolute atomic E-state index is 11.7. The number of likely N-dealkylation sites (N-methyl/N-ethyl adjacent to an activating group) is 1. The highest BCUT2D eigenvalue weighted by molar-refractivity contribution is 7.18. The maximum atomic E-state index is 11.7. The third-order valence-electron chi connectivity index (χ3n) is 5.84. The first-order valence-electron chi connectivity index (χ1n) is 10.3. The Labute approximate surface area is 175 Å². The summed E-state index contributed by atoms with van der Waals surface area (Å²) in [4.78, 5) is 31.0. The number of hydrogen-bond donors (Lipinski definition) is 1. The molecule has 2 aliphatic rings. The Morgan fingerprint density at radius 2 is 1.79 bits per heavy atom. The number of aromatic nitrogens is 2. The Morgan fingerprint density at radius 3 is 2.48 bits per heavy atom. The number of morpholine rings is 1. The van der Waals surface area contributed by atoms with E-state index in [2.05, 4.69) is 33.9 Å². The van der Waals surface area contributed by atoms with Crippen LogP contribution in [0.5, 0.6) is 0 Å². The fourth-order valence-electron chi connectivity index (χ4n) is 3.93. The summed E-state index contributed by atoms with van der Waals surface area (Å²) >= 11 is 1.76. The van der Waals surface area contributed by atoms with Crippen LogP contribution in [0.4, 0.5) is 5.82 Å². The summed E-state index contributed by atoms with van der Waals surface area (Å²) in [6.45, 7) is 12.4. The molecule has 158 valence electrons. The molecular weight excluding hydrogens is 388 g/mol. The molecule has 1 N–H and O–H groups in total. The van der Waals surface area contributed by atoms with Gasteiger partial charge in [-0.2, -0.15) is 0 Å². The highest BCUT2D eigenvalue weighted by Gasteiger charge is 2.24. The second-order valence-electron chi connectivity index (χ2n) is 7.75. The van der Waals surface area contributed by atoms with Crippen LogP contribution in [-0.2, 0) is 16.1 Å². The van der Waals surface area contributed by atoms with Gasteiger partial charge in [0.2, 0.25) is 5.91 Å². The van der Waals surface area contributed by atoms with Gasteiger partial charge in [-0.1, -0.05) is 0 Å². The number of rotatable bonds is 5. The van der Waals surface area contributed by atoms with Crippen LogP contribution in [0.15, 0.2) is 0 Å². The minimum Gasteiger partial charge on any atom is -0.379 e. The molecule has 2 aromatic rings. The Balaban J connectivity index is 1.57. The van der Waals surface area contributed by atoms with E-state index in [1.54, 1.807) is 18.4 Å². The van der Waals surface area contributed by atoms with Crippen LogP contribution in [0, 0.1) is 13.8 Å². The van der Waals surface area contributed by atoms with Crippen molar-refractivity contribution in [2.45, 2.75) is 20.4 Å². The first-order chi connectivity index (χ1) is 14.0. The van der Waals surface area contributed by atoms with E-state index in [0.29, 0.717) is 6.54 Å². The molecule has 2 fully saturated rings. The van der Waals surface area contributed by atoms with E-state index in [9.17, 15) is 4.79 Å². The molecule has 1 amide bonds. The van der Waals surface area contributed by atoms with Gasteiger partial charge in [0.1, 0.15) is 16.5 Å². The molecule has 0 aliphatic carbocycles. The number of piperazine rings is 1. The summed E-state index contributed by atoms with van der Waals surface area (Å²) in [5, 5.41) is 3.90. The first kappa shape index (κ1) is 20.5. The van der Waals surface area contributed by atoms with E-state index >= 15 is 0 Å². The van der Waals surface area contributed by atoms with Crippen LogP contribution in [0.25, 0.3) is 10.2 Å².